The number of phosphoric ester groups is 1. The number of nitrogens with zero attached hydrogens (tertiary/aromatic N) is 1. The molecule has 0 amide bonds. The highest BCUT2D eigenvalue weighted by Crippen LogP contribution is 2.38. The topological polar surface area (TPSA) is 111 Å². The number of phosphoric acid groups is 1. The molecule has 0 bridgehead atoms. The van der Waals surface area contributed by atoms with Crippen LogP contribution in [-0.2, 0) is 32.7 Å². The van der Waals surface area contributed by atoms with Gasteiger partial charge < -0.3 is 27.9 Å². The zero-order valence-corrected chi connectivity index (χ0v) is 36.3. The number of carbonyl (C=O) groups excluding carboxylic acids is 2. The summed E-state index contributed by atoms with van der Waals surface area (Å²) in [6.45, 7) is 4.11. The number of esters is 2. The van der Waals surface area contributed by atoms with Gasteiger partial charge in [0.15, 0.2) is 6.10 Å². The summed E-state index contributed by atoms with van der Waals surface area (Å²) in [4.78, 5) is 37.1. The Kier molecular flexibility index (Phi) is 35.6. The Morgan fingerprint density at radius 3 is 1.48 bits per heavy atom. The van der Waals surface area contributed by atoms with E-state index in [9.17, 15) is 19.0 Å². The van der Waals surface area contributed by atoms with Gasteiger partial charge in [-0.25, -0.2) is 0 Å². The standard InChI is InChI=1S/C44H82NO8P/c1-6-8-10-12-13-14-15-16-17-18-19-20-21-22-23-24-25-26-27-28-29-30-31-33-35-37-44(47)53-42(40-50-43(46)36-34-32-11-9-7-2)41-52-54(48,49)51-39-38-45(3,4)5/h15-16,18-19,21-22,42H,6-14,17,20,23-41H2,1-5H3/b16-15-,19-18-,22-21-. The number of quaternary nitrogens is 1. The third kappa shape index (κ3) is 39.9. The second-order valence-corrected chi connectivity index (χ2v) is 17.1. The molecule has 0 aliphatic heterocycles. The molecule has 9 nitrogen and oxygen atoms in total. The molecule has 0 fully saturated rings. The van der Waals surface area contributed by atoms with Crippen LogP contribution >= 0.6 is 7.82 Å². The molecule has 0 aromatic rings. The maximum absolute atomic E-state index is 12.6. The van der Waals surface area contributed by atoms with Crippen LogP contribution in [0.3, 0.4) is 0 Å². The summed E-state index contributed by atoms with van der Waals surface area (Å²) in [6, 6.07) is 0. The first-order chi connectivity index (χ1) is 26.0. The van der Waals surface area contributed by atoms with E-state index in [1.54, 1.807) is 0 Å². The Balaban J connectivity index is 4.10. The quantitative estimate of drug-likeness (QED) is 0.0199. The van der Waals surface area contributed by atoms with E-state index in [1.807, 2.05) is 21.1 Å². The Morgan fingerprint density at radius 2 is 1.00 bits per heavy atom. The summed E-state index contributed by atoms with van der Waals surface area (Å²) in [5, 5.41) is 0. The predicted octanol–water partition coefficient (Wildman–Crippen LogP) is 11.5. The molecule has 0 heterocycles. The molecule has 0 saturated carbocycles. The lowest BCUT2D eigenvalue weighted by atomic mass is 10.0. The Bertz CT molecular complexity index is 1020. The number of unbranched alkanes of at least 4 members (excludes halogenated alkanes) is 19. The van der Waals surface area contributed by atoms with Crippen molar-refractivity contribution in [2.75, 3.05) is 47.5 Å². The van der Waals surface area contributed by atoms with E-state index in [0.29, 0.717) is 17.4 Å². The summed E-state index contributed by atoms with van der Waals surface area (Å²) < 4.78 is 33.6. The predicted molar refractivity (Wildman–Crippen MR) is 222 cm³/mol. The SMILES string of the molecule is CCCCCCC/C=C\C/C=C\C/C=C\CCCCCCCCCCCCC(=O)OC(COC(=O)CCCCCCC)COP(=O)([O-])OCC[N+](C)(C)C. The van der Waals surface area contributed by atoms with Crippen LogP contribution in [0.2, 0.25) is 0 Å². The van der Waals surface area contributed by atoms with Crippen molar-refractivity contribution < 1.29 is 42.1 Å². The van der Waals surface area contributed by atoms with E-state index in [0.717, 1.165) is 70.6 Å². The van der Waals surface area contributed by atoms with Crippen LogP contribution in [0, 0.1) is 0 Å². The van der Waals surface area contributed by atoms with Crippen molar-refractivity contribution in [1.82, 2.24) is 0 Å². The van der Waals surface area contributed by atoms with E-state index >= 15 is 0 Å². The Hall–Kier alpha value is -1.77. The van der Waals surface area contributed by atoms with Gasteiger partial charge in [-0.15, -0.1) is 0 Å². The molecule has 0 radical (unpaired) electrons. The maximum atomic E-state index is 12.6. The van der Waals surface area contributed by atoms with Gasteiger partial charge in [-0.05, 0) is 51.4 Å². The molecule has 0 rings (SSSR count). The van der Waals surface area contributed by atoms with E-state index in [4.69, 9.17) is 18.5 Å². The van der Waals surface area contributed by atoms with Gasteiger partial charge in [-0.2, -0.15) is 0 Å². The molecule has 54 heavy (non-hydrogen) atoms. The van der Waals surface area contributed by atoms with E-state index in [1.165, 1.54) is 77.0 Å². The third-order valence-electron chi connectivity index (χ3n) is 9.16. The minimum Gasteiger partial charge on any atom is -0.756 e. The van der Waals surface area contributed by atoms with Gasteiger partial charge in [0.25, 0.3) is 7.82 Å². The lowest BCUT2D eigenvalue weighted by Gasteiger charge is -2.28. The minimum atomic E-state index is -4.61. The number of carbonyl (C=O) groups is 2. The van der Waals surface area contributed by atoms with Gasteiger partial charge in [0.1, 0.15) is 19.8 Å². The van der Waals surface area contributed by atoms with Crippen LogP contribution in [0.1, 0.15) is 181 Å². The molecule has 2 atom stereocenters. The van der Waals surface area contributed by atoms with Crippen molar-refractivity contribution in [3.63, 3.8) is 0 Å². The Morgan fingerprint density at radius 1 is 0.574 bits per heavy atom. The molecule has 2 unspecified atom stereocenters. The summed E-state index contributed by atoms with van der Waals surface area (Å²) in [7, 11) is 1.16. The molecule has 316 valence electrons. The van der Waals surface area contributed by atoms with Gasteiger partial charge in [-0.3, -0.25) is 14.2 Å². The monoisotopic (exact) mass is 784 g/mol. The number of rotatable bonds is 39. The second-order valence-electron chi connectivity index (χ2n) is 15.7. The number of hydrogen-bond donors (Lipinski definition) is 0. The first kappa shape index (κ1) is 52.2. The van der Waals surface area contributed by atoms with Crippen LogP contribution < -0.4 is 4.89 Å². The fourth-order valence-corrected chi connectivity index (χ4v) is 6.45. The molecule has 0 aliphatic carbocycles. The highest BCUT2D eigenvalue weighted by atomic mass is 31.2. The van der Waals surface area contributed by atoms with Crippen molar-refractivity contribution in [2.24, 2.45) is 0 Å². The number of hydrogen-bond acceptors (Lipinski definition) is 8. The van der Waals surface area contributed by atoms with Crippen molar-refractivity contribution in [3.05, 3.63) is 36.5 Å². The highest BCUT2D eigenvalue weighted by Gasteiger charge is 2.21. The third-order valence-corrected chi connectivity index (χ3v) is 10.1. The molecule has 0 aromatic carbocycles. The zero-order chi connectivity index (χ0) is 40.0. The van der Waals surface area contributed by atoms with Gasteiger partial charge >= 0.3 is 11.9 Å². The first-order valence-electron chi connectivity index (χ1n) is 21.7. The van der Waals surface area contributed by atoms with Crippen molar-refractivity contribution in [2.45, 2.75) is 187 Å². The van der Waals surface area contributed by atoms with Crippen LogP contribution in [-0.4, -0.2) is 70.0 Å². The normalized spacial score (nSPS) is 14.0. The molecule has 0 saturated heterocycles. The van der Waals surface area contributed by atoms with E-state index < -0.39 is 32.5 Å². The highest BCUT2D eigenvalue weighted by molar-refractivity contribution is 7.45. The smallest absolute Gasteiger partial charge is 0.306 e. The van der Waals surface area contributed by atoms with Crippen LogP contribution in [0.5, 0.6) is 0 Å². The molecule has 0 aromatic heterocycles. The second kappa shape index (κ2) is 36.8. The average Bonchev–Trinajstić information content (AvgIpc) is 3.12. The molecule has 0 aliphatic rings. The van der Waals surface area contributed by atoms with Crippen molar-refractivity contribution in [1.29, 1.82) is 0 Å². The maximum Gasteiger partial charge on any atom is 0.306 e. The molecular formula is C44H82NO8P. The van der Waals surface area contributed by atoms with Gasteiger partial charge in [0.2, 0.25) is 0 Å². The fourth-order valence-electron chi connectivity index (χ4n) is 5.72. The average molecular weight is 784 g/mol. The zero-order valence-electron chi connectivity index (χ0n) is 35.4. The van der Waals surface area contributed by atoms with Gasteiger partial charge in [0.05, 0.1) is 27.7 Å². The minimum absolute atomic E-state index is 0.0316. The summed E-state index contributed by atoms with van der Waals surface area (Å²) in [6.07, 6.45) is 40.8. The van der Waals surface area contributed by atoms with Gasteiger partial charge in [-0.1, -0.05) is 153 Å². The van der Waals surface area contributed by atoms with Gasteiger partial charge in [0, 0.05) is 12.8 Å². The Labute approximate surface area is 331 Å². The summed E-state index contributed by atoms with van der Waals surface area (Å²) in [5.41, 5.74) is 0. The largest absolute Gasteiger partial charge is 0.756 e. The van der Waals surface area contributed by atoms with E-state index in [2.05, 4.69) is 50.3 Å². The number of allylic oxidation sites excluding steroid dienone is 6. The summed E-state index contributed by atoms with van der Waals surface area (Å²) in [5.74, 6) is -0.852. The van der Waals surface area contributed by atoms with Crippen LogP contribution in [0.25, 0.3) is 0 Å². The fraction of sp³-hybridized carbons (Fsp3) is 0.818. The van der Waals surface area contributed by atoms with Crippen molar-refractivity contribution >= 4 is 19.8 Å². The lowest BCUT2D eigenvalue weighted by molar-refractivity contribution is -0.870. The van der Waals surface area contributed by atoms with E-state index in [-0.39, 0.29) is 26.1 Å². The molecule has 0 spiro atoms. The van der Waals surface area contributed by atoms with Crippen LogP contribution in [0.15, 0.2) is 36.5 Å². The molecule has 10 heteroatoms. The molecular weight excluding hydrogens is 701 g/mol. The lowest BCUT2D eigenvalue weighted by Crippen LogP contribution is -2.37. The molecule has 0 N–H and O–H groups in total. The van der Waals surface area contributed by atoms with Crippen molar-refractivity contribution in [3.8, 4) is 0 Å². The summed E-state index contributed by atoms with van der Waals surface area (Å²) >= 11 is 0. The van der Waals surface area contributed by atoms with Crippen LogP contribution in [0.4, 0.5) is 0 Å². The first-order valence-corrected chi connectivity index (χ1v) is 23.2. The number of ether oxygens (including phenoxy) is 2. The number of likely N-dealkylation sites (N-methyl/N-ethyl adjacent to an activating group) is 1.